The van der Waals surface area contributed by atoms with Gasteiger partial charge in [-0.3, -0.25) is 4.79 Å². The molecule has 0 heterocycles. The molecule has 0 bridgehead atoms. The van der Waals surface area contributed by atoms with Crippen LogP contribution in [0.15, 0.2) is 23.4 Å². The lowest BCUT2D eigenvalue weighted by Crippen LogP contribution is -2.13. The van der Waals surface area contributed by atoms with Gasteiger partial charge < -0.3 is 20.8 Å². The van der Waals surface area contributed by atoms with Gasteiger partial charge in [-0.05, 0) is 24.6 Å². The number of nitrogens with two attached hydrogens (primary N) is 1. The summed E-state index contributed by atoms with van der Waals surface area (Å²) in [6.07, 6.45) is 0.251. The number of amidine groups is 1. The summed E-state index contributed by atoms with van der Waals surface area (Å²) in [6, 6.07) is 3.84. The van der Waals surface area contributed by atoms with Gasteiger partial charge in [-0.2, -0.15) is 0 Å². The predicted molar refractivity (Wildman–Crippen MR) is 61.3 cm³/mol. The fourth-order valence-electron chi connectivity index (χ4n) is 1.24. The number of ether oxygens (including phenoxy) is 1. The number of oxime groups is 1. The molecule has 4 N–H and O–H groups in total. The van der Waals surface area contributed by atoms with Crippen LogP contribution in [0.3, 0.4) is 0 Å². The standard InChI is InChI=1S/C11H13FN2O4/c12-8-6-7(11(13)14-17)3-4-9(8)18-5-1-2-10(15)16/h3-4,6,17H,1-2,5H2,(H2,13,14)(H,15,16). The van der Waals surface area contributed by atoms with Crippen LogP contribution in [-0.2, 0) is 4.79 Å². The first-order valence-electron chi connectivity index (χ1n) is 5.16. The first kappa shape index (κ1) is 13.8. The fourth-order valence-corrected chi connectivity index (χ4v) is 1.24. The zero-order chi connectivity index (χ0) is 13.5. The molecule has 0 saturated heterocycles. The molecule has 0 aliphatic rings. The first-order valence-corrected chi connectivity index (χ1v) is 5.16. The van der Waals surface area contributed by atoms with E-state index in [0.717, 1.165) is 6.07 Å². The summed E-state index contributed by atoms with van der Waals surface area (Å²) >= 11 is 0. The third kappa shape index (κ3) is 3.93. The van der Waals surface area contributed by atoms with Gasteiger partial charge in [-0.25, -0.2) is 4.39 Å². The first-order chi connectivity index (χ1) is 8.54. The Morgan fingerprint density at radius 2 is 2.22 bits per heavy atom. The highest BCUT2D eigenvalue weighted by Crippen LogP contribution is 2.18. The second-order valence-electron chi connectivity index (χ2n) is 3.48. The molecule has 1 aromatic carbocycles. The van der Waals surface area contributed by atoms with Crippen LogP contribution in [0.1, 0.15) is 18.4 Å². The molecule has 0 amide bonds. The van der Waals surface area contributed by atoms with E-state index in [-0.39, 0.29) is 36.6 Å². The van der Waals surface area contributed by atoms with Crippen molar-refractivity contribution < 1.29 is 24.2 Å². The smallest absolute Gasteiger partial charge is 0.303 e. The van der Waals surface area contributed by atoms with Crippen molar-refractivity contribution in [3.8, 4) is 5.75 Å². The summed E-state index contributed by atoms with van der Waals surface area (Å²) in [6.45, 7) is 0.103. The number of carboxylic acid groups (broad SMARTS) is 1. The number of aliphatic carboxylic acids is 1. The number of halogens is 1. The van der Waals surface area contributed by atoms with Gasteiger partial charge in [0, 0.05) is 12.0 Å². The Hall–Kier alpha value is -2.31. The number of hydrogen-bond acceptors (Lipinski definition) is 4. The highest BCUT2D eigenvalue weighted by atomic mass is 19.1. The Bertz CT molecular complexity index is 462. The molecule has 0 unspecified atom stereocenters. The average molecular weight is 256 g/mol. The molecule has 0 aromatic heterocycles. The third-order valence-corrected chi connectivity index (χ3v) is 2.13. The highest BCUT2D eigenvalue weighted by molar-refractivity contribution is 5.97. The zero-order valence-electron chi connectivity index (χ0n) is 9.47. The molecule has 0 atom stereocenters. The molecule has 1 rings (SSSR count). The number of benzene rings is 1. The minimum Gasteiger partial charge on any atom is -0.491 e. The molecule has 0 fully saturated rings. The second-order valence-corrected chi connectivity index (χ2v) is 3.48. The molecule has 0 aliphatic heterocycles. The number of rotatable bonds is 6. The van der Waals surface area contributed by atoms with Crippen molar-refractivity contribution in [3.63, 3.8) is 0 Å². The minimum absolute atomic E-state index is 0.00474. The molecule has 0 saturated carbocycles. The summed E-state index contributed by atoms with van der Waals surface area (Å²) in [5.74, 6) is -1.79. The van der Waals surface area contributed by atoms with E-state index in [1.54, 1.807) is 0 Å². The second kappa shape index (κ2) is 6.43. The van der Waals surface area contributed by atoms with Crippen LogP contribution in [-0.4, -0.2) is 28.7 Å². The van der Waals surface area contributed by atoms with Crippen LogP contribution in [0.4, 0.5) is 4.39 Å². The fraction of sp³-hybridized carbons (Fsp3) is 0.273. The Morgan fingerprint density at radius 3 is 2.78 bits per heavy atom. The van der Waals surface area contributed by atoms with Crippen LogP contribution in [0.5, 0.6) is 5.75 Å². The summed E-state index contributed by atoms with van der Waals surface area (Å²) in [4.78, 5) is 10.2. The maximum absolute atomic E-state index is 13.5. The van der Waals surface area contributed by atoms with Crippen LogP contribution in [0, 0.1) is 5.82 Å². The molecule has 1 aromatic rings. The molecule has 0 aliphatic carbocycles. The molecular formula is C11H13FN2O4. The van der Waals surface area contributed by atoms with Crippen molar-refractivity contribution in [1.29, 1.82) is 0 Å². The highest BCUT2D eigenvalue weighted by Gasteiger charge is 2.07. The van der Waals surface area contributed by atoms with Gasteiger partial charge in [-0.1, -0.05) is 5.16 Å². The van der Waals surface area contributed by atoms with Crippen molar-refractivity contribution in [2.45, 2.75) is 12.8 Å². The molecule has 0 radical (unpaired) electrons. The van der Waals surface area contributed by atoms with Gasteiger partial charge >= 0.3 is 5.97 Å². The van der Waals surface area contributed by atoms with Gasteiger partial charge in [0.1, 0.15) is 0 Å². The van der Waals surface area contributed by atoms with Crippen LogP contribution in [0.2, 0.25) is 0 Å². The van der Waals surface area contributed by atoms with E-state index in [2.05, 4.69) is 5.16 Å². The quantitative estimate of drug-likeness (QED) is 0.233. The van der Waals surface area contributed by atoms with E-state index in [1.807, 2.05) is 0 Å². The van der Waals surface area contributed by atoms with Gasteiger partial charge in [0.2, 0.25) is 0 Å². The number of carbonyl (C=O) groups is 1. The van der Waals surface area contributed by atoms with Gasteiger partial charge in [0.25, 0.3) is 0 Å². The summed E-state index contributed by atoms with van der Waals surface area (Å²) < 4.78 is 18.6. The van der Waals surface area contributed by atoms with Gasteiger partial charge in [-0.15, -0.1) is 0 Å². The van der Waals surface area contributed by atoms with Crippen molar-refractivity contribution in [2.24, 2.45) is 10.9 Å². The van der Waals surface area contributed by atoms with E-state index in [9.17, 15) is 9.18 Å². The lowest BCUT2D eigenvalue weighted by atomic mass is 10.2. The van der Waals surface area contributed by atoms with Crippen molar-refractivity contribution in [1.82, 2.24) is 0 Å². The molecular weight excluding hydrogens is 243 g/mol. The molecule has 6 nitrogen and oxygen atoms in total. The third-order valence-electron chi connectivity index (χ3n) is 2.13. The van der Waals surface area contributed by atoms with Crippen LogP contribution < -0.4 is 10.5 Å². The molecule has 18 heavy (non-hydrogen) atoms. The topological polar surface area (TPSA) is 105 Å². The Morgan fingerprint density at radius 1 is 1.50 bits per heavy atom. The summed E-state index contributed by atoms with van der Waals surface area (Å²) in [5, 5.41) is 19.6. The lowest BCUT2D eigenvalue weighted by Gasteiger charge is -2.07. The maximum atomic E-state index is 13.5. The van der Waals surface area contributed by atoms with E-state index in [0.29, 0.717) is 0 Å². The normalized spacial score (nSPS) is 11.3. The predicted octanol–water partition coefficient (Wildman–Crippen LogP) is 1.16. The Labute approximate surface area is 102 Å². The van der Waals surface area contributed by atoms with Gasteiger partial charge in [0.05, 0.1) is 6.61 Å². The summed E-state index contributed by atoms with van der Waals surface area (Å²) in [5.41, 5.74) is 5.52. The number of nitrogens with zero attached hydrogens (tertiary/aromatic N) is 1. The van der Waals surface area contributed by atoms with Crippen molar-refractivity contribution >= 4 is 11.8 Å². The molecule has 7 heteroatoms. The van der Waals surface area contributed by atoms with Crippen LogP contribution in [0.25, 0.3) is 0 Å². The minimum atomic E-state index is -0.929. The Balaban J connectivity index is 2.60. The number of carboxylic acids is 1. The average Bonchev–Trinajstić information content (AvgIpc) is 2.34. The largest absolute Gasteiger partial charge is 0.491 e. The van der Waals surface area contributed by atoms with E-state index >= 15 is 0 Å². The number of hydrogen-bond donors (Lipinski definition) is 3. The van der Waals surface area contributed by atoms with E-state index in [1.165, 1.54) is 12.1 Å². The molecule has 98 valence electrons. The Kier molecular flexibility index (Phi) is 4.91. The van der Waals surface area contributed by atoms with Gasteiger partial charge in [0.15, 0.2) is 17.4 Å². The van der Waals surface area contributed by atoms with Crippen molar-refractivity contribution in [2.75, 3.05) is 6.61 Å². The summed E-state index contributed by atoms with van der Waals surface area (Å²) in [7, 11) is 0. The monoisotopic (exact) mass is 256 g/mol. The SMILES string of the molecule is NC(=NO)c1ccc(OCCCC(=O)O)c(F)c1. The molecule has 0 spiro atoms. The zero-order valence-corrected chi connectivity index (χ0v) is 9.47. The van der Waals surface area contributed by atoms with Crippen LogP contribution >= 0.6 is 0 Å². The van der Waals surface area contributed by atoms with Crippen molar-refractivity contribution in [3.05, 3.63) is 29.6 Å². The van der Waals surface area contributed by atoms with E-state index < -0.39 is 11.8 Å². The van der Waals surface area contributed by atoms with E-state index in [4.69, 9.17) is 20.8 Å². The lowest BCUT2D eigenvalue weighted by molar-refractivity contribution is -0.137. The maximum Gasteiger partial charge on any atom is 0.303 e.